The van der Waals surface area contributed by atoms with Gasteiger partial charge in [0.05, 0.1) is 14.9 Å². The van der Waals surface area contributed by atoms with E-state index < -0.39 is 0 Å². The van der Waals surface area contributed by atoms with Gasteiger partial charge in [-0.2, -0.15) is 0 Å². The molecule has 0 spiro atoms. The predicted molar refractivity (Wildman–Crippen MR) is 63.0 cm³/mol. The molecule has 0 saturated carbocycles. The standard InChI is InChI=1S/C11H23O2P/c1-4-7-11(8-5-2,9-6-3)10(12)13-14/h4-9,14H2,1-3H3. The van der Waals surface area contributed by atoms with Crippen LogP contribution in [0.3, 0.4) is 0 Å². The maximum Gasteiger partial charge on any atom is 0.314 e. The van der Waals surface area contributed by atoms with Gasteiger partial charge in [-0.05, 0) is 19.3 Å². The second-order valence-electron chi connectivity index (χ2n) is 3.94. The Balaban J connectivity index is 4.62. The Hall–Kier alpha value is -0.100. The average Bonchev–Trinajstić information content (AvgIpc) is 2.17. The SMILES string of the molecule is CCCC(CCC)(CCC)C(=O)OP. The van der Waals surface area contributed by atoms with Crippen molar-refractivity contribution in [1.82, 2.24) is 0 Å². The molecule has 0 fully saturated rings. The third-order valence-corrected chi connectivity index (χ3v) is 2.94. The van der Waals surface area contributed by atoms with Crippen molar-refractivity contribution in [3.05, 3.63) is 0 Å². The van der Waals surface area contributed by atoms with Crippen LogP contribution in [0.25, 0.3) is 0 Å². The van der Waals surface area contributed by atoms with Crippen LogP contribution in [-0.4, -0.2) is 5.97 Å². The molecule has 1 atom stereocenters. The molecule has 1 unspecified atom stereocenters. The van der Waals surface area contributed by atoms with Crippen molar-refractivity contribution < 1.29 is 9.32 Å². The first-order valence-corrected chi connectivity index (χ1v) is 6.05. The lowest BCUT2D eigenvalue weighted by Gasteiger charge is -2.30. The fourth-order valence-electron chi connectivity index (χ4n) is 2.24. The molecule has 0 radical (unpaired) electrons. The Morgan fingerprint density at radius 3 is 1.64 bits per heavy atom. The summed E-state index contributed by atoms with van der Waals surface area (Å²) < 4.78 is 4.85. The van der Waals surface area contributed by atoms with Crippen LogP contribution < -0.4 is 0 Å². The minimum absolute atomic E-state index is 0.0481. The number of carbonyl (C=O) groups excluding carboxylic acids is 1. The summed E-state index contributed by atoms with van der Waals surface area (Å²) >= 11 is 0. The molecule has 3 heteroatoms. The summed E-state index contributed by atoms with van der Waals surface area (Å²) in [5.41, 5.74) is -0.222. The van der Waals surface area contributed by atoms with E-state index in [4.69, 9.17) is 4.52 Å². The van der Waals surface area contributed by atoms with E-state index in [-0.39, 0.29) is 11.4 Å². The fraction of sp³-hybridized carbons (Fsp3) is 0.909. The number of rotatable bonds is 7. The van der Waals surface area contributed by atoms with E-state index in [0.29, 0.717) is 0 Å². The highest BCUT2D eigenvalue weighted by Crippen LogP contribution is 2.36. The summed E-state index contributed by atoms with van der Waals surface area (Å²) in [6.07, 6.45) is 5.96. The van der Waals surface area contributed by atoms with Crippen molar-refractivity contribution in [2.75, 3.05) is 0 Å². The predicted octanol–water partition coefficient (Wildman–Crippen LogP) is 3.71. The van der Waals surface area contributed by atoms with Crippen LogP contribution in [0.15, 0.2) is 0 Å². The molecular weight excluding hydrogens is 195 g/mol. The van der Waals surface area contributed by atoms with E-state index in [1.54, 1.807) is 0 Å². The summed E-state index contributed by atoms with van der Waals surface area (Å²) in [5, 5.41) is 0. The Labute approximate surface area is 90.1 Å². The first kappa shape index (κ1) is 13.9. The normalized spacial score (nSPS) is 11.4. The maximum absolute atomic E-state index is 11.8. The lowest BCUT2D eigenvalue weighted by atomic mass is 9.76. The van der Waals surface area contributed by atoms with Gasteiger partial charge in [0.25, 0.3) is 0 Å². The van der Waals surface area contributed by atoms with Gasteiger partial charge in [-0.25, -0.2) is 0 Å². The van der Waals surface area contributed by atoms with Crippen LogP contribution in [0.5, 0.6) is 0 Å². The van der Waals surface area contributed by atoms with Crippen molar-refractivity contribution in [1.29, 1.82) is 0 Å². The molecular formula is C11H23O2P. The molecule has 0 saturated heterocycles. The average molecular weight is 218 g/mol. The molecule has 0 aliphatic carbocycles. The zero-order valence-electron chi connectivity index (χ0n) is 9.64. The van der Waals surface area contributed by atoms with Gasteiger partial charge in [0.15, 0.2) is 0 Å². The van der Waals surface area contributed by atoms with Crippen LogP contribution in [-0.2, 0) is 9.32 Å². The van der Waals surface area contributed by atoms with E-state index in [9.17, 15) is 4.79 Å². The van der Waals surface area contributed by atoms with Crippen molar-refractivity contribution >= 4 is 15.4 Å². The van der Waals surface area contributed by atoms with Crippen LogP contribution in [0.4, 0.5) is 0 Å². The van der Waals surface area contributed by atoms with Crippen molar-refractivity contribution in [3.8, 4) is 0 Å². The Morgan fingerprint density at radius 2 is 1.43 bits per heavy atom. The Kier molecular flexibility index (Phi) is 7.17. The minimum atomic E-state index is -0.222. The molecule has 2 nitrogen and oxygen atoms in total. The van der Waals surface area contributed by atoms with E-state index in [1.165, 1.54) is 0 Å². The van der Waals surface area contributed by atoms with Crippen molar-refractivity contribution in [3.63, 3.8) is 0 Å². The van der Waals surface area contributed by atoms with E-state index in [0.717, 1.165) is 38.5 Å². The number of carbonyl (C=O) groups is 1. The lowest BCUT2D eigenvalue weighted by molar-refractivity contribution is -0.146. The Bertz CT molecular complexity index is 152. The number of hydrogen-bond donors (Lipinski definition) is 0. The molecule has 0 heterocycles. The fourth-order valence-corrected chi connectivity index (χ4v) is 2.49. The van der Waals surface area contributed by atoms with Gasteiger partial charge in [0.1, 0.15) is 0 Å². The number of hydrogen-bond acceptors (Lipinski definition) is 2. The molecule has 0 aromatic heterocycles. The van der Waals surface area contributed by atoms with Gasteiger partial charge in [-0.1, -0.05) is 40.0 Å². The molecule has 0 rings (SSSR count). The second-order valence-corrected chi connectivity index (χ2v) is 4.17. The quantitative estimate of drug-likeness (QED) is 0.609. The largest absolute Gasteiger partial charge is 0.451 e. The van der Waals surface area contributed by atoms with Gasteiger partial charge in [0.2, 0.25) is 0 Å². The zero-order chi connectivity index (χ0) is 11.0. The summed E-state index contributed by atoms with van der Waals surface area (Å²) in [6, 6.07) is 0. The van der Waals surface area contributed by atoms with Crippen molar-refractivity contribution in [2.24, 2.45) is 5.41 Å². The topological polar surface area (TPSA) is 26.3 Å². The van der Waals surface area contributed by atoms with Crippen LogP contribution >= 0.6 is 9.47 Å². The molecule has 0 aromatic rings. The van der Waals surface area contributed by atoms with Gasteiger partial charge in [-0.3, -0.25) is 4.79 Å². The highest BCUT2D eigenvalue weighted by Gasteiger charge is 2.36. The summed E-state index contributed by atoms with van der Waals surface area (Å²) in [7, 11) is 2.08. The second kappa shape index (κ2) is 7.23. The van der Waals surface area contributed by atoms with Gasteiger partial charge in [0, 0.05) is 0 Å². The molecule has 0 aromatic carbocycles. The van der Waals surface area contributed by atoms with E-state index in [2.05, 4.69) is 30.2 Å². The van der Waals surface area contributed by atoms with E-state index in [1.807, 2.05) is 0 Å². The molecule has 14 heavy (non-hydrogen) atoms. The molecule has 84 valence electrons. The molecule has 0 N–H and O–H groups in total. The first-order chi connectivity index (χ1) is 6.66. The third kappa shape index (κ3) is 3.57. The molecule has 0 aliphatic rings. The highest BCUT2D eigenvalue weighted by molar-refractivity contribution is 7.10. The summed E-state index contributed by atoms with van der Waals surface area (Å²) in [5.74, 6) is -0.0481. The summed E-state index contributed by atoms with van der Waals surface area (Å²) in [6.45, 7) is 6.36. The highest BCUT2D eigenvalue weighted by atomic mass is 31.0. The van der Waals surface area contributed by atoms with Gasteiger partial charge < -0.3 is 4.52 Å². The zero-order valence-corrected chi connectivity index (χ0v) is 10.8. The molecule has 0 aliphatic heterocycles. The first-order valence-electron chi connectivity index (χ1n) is 5.58. The van der Waals surface area contributed by atoms with Gasteiger partial charge in [-0.15, -0.1) is 0 Å². The third-order valence-electron chi connectivity index (χ3n) is 2.73. The molecule has 0 bridgehead atoms. The van der Waals surface area contributed by atoms with Gasteiger partial charge >= 0.3 is 5.97 Å². The Morgan fingerprint density at radius 1 is 1.07 bits per heavy atom. The van der Waals surface area contributed by atoms with Crippen LogP contribution in [0, 0.1) is 5.41 Å². The monoisotopic (exact) mass is 218 g/mol. The van der Waals surface area contributed by atoms with Crippen LogP contribution in [0.1, 0.15) is 59.3 Å². The minimum Gasteiger partial charge on any atom is -0.451 e. The van der Waals surface area contributed by atoms with E-state index >= 15 is 0 Å². The lowest BCUT2D eigenvalue weighted by Crippen LogP contribution is -2.31. The maximum atomic E-state index is 11.8. The smallest absolute Gasteiger partial charge is 0.314 e. The molecule has 0 amide bonds. The van der Waals surface area contributed by atoms with Crippen LogP contribution in [0.2, 0.25) is 0 Å². The summed E-state index contributed by atoms with van der Waals surface area (Å²) in [4.78, 5) is 11.8. The van der Waals surface area contributed by atoms with Crippen molar-refractivity contribution in [2.45, 2.75) is 59.3 Å².